The second-order valence-corrected chi connectivity index (χ2v) is 7.67. The number of sulfonamides is 1. The molecule has 9 heteroatoms. The monoisotopic (exact) mass is 360 g/mol. The van der Waals surface area contributed by atoms with Crippen molar-refractivity contribution in [1.29, 1.82) is 0 Å². The molecule has 0 aromatic heterocycles. The van der Waals surface area contributed by atoms with Gasteiger partial charge < -0.3 is 14.8 Å². The minimum atomic E-state index is -3.83. The van der Waals surface area contributed by atoms with Gasteiger partial charge in [0.15, 0.2) is 6.61 Å². The van der Waals surface area contributed by atoms with E-state index >= 15 is 0 Å². The van der Waals surface area contributed by atoms with Gasteiger partial charge in [-0.15, -0.1) is 0 Å². The molecule has 0 saturated carbocycles. The van der Waals surface area contributed by atoms with E-state index in [1.54, 1.807) is 6.92 Å². The van der Waals surface area contributed by atoms with E-state index in [2.05, 4.69) is 10.0 Å². The standard InChI is InChI=1S/C14H17ClN2O5S/c1-8(11-3-2-4-21-11)17-23(19,20)13-6-12-10(5-9(13)15)16-14(18)7-22-12/h5-6,8,11,17H,2-4,7H2,1H3,(H,16,18). The molecular weight excluding hydrogens is 344 g/mol. The van der Waals surface area contributed by atoms with Crippen LogP contribution < -0.4 is 14.8 Å². The Balaban J connectivity index is 1.86. The van der Waals surface area contributed by atoms with E-state index in [1.807, 2.05) is 0 Å². The third-order valence-electron chi connectivity index (χ3n) is 3.82. The Labute approximate surface area is 139 Å². The van der Waals surface area contributed by atoms with Crippen LogP contribution in [0, 0.1) is 0 Å². The Morgan fingerprint density at radius 1 is 1.43 bits per heavy atom. The second-order valence-electron chi connectivity index (χ2n) is 5.58. The molecule has 0 bridgehead atoms. The lowest BCUT2D eigenvalue weighted by molar-refractivity contribution is -0.118. The Hall–Kier alpha value is -1.35. The zero-order valence-electron chi connectivity index (χ0n) is 12.5. The largest absolute Gasteiger partial charge is 0.482 e. The topological polar surface area (TPSA) is 93.7 Å². The summed E-state index contributed by atoms with van der Waals surface area (Å²) in [5, 5.41) is 2.60. The van der Waals surface area contributed by atoms with E-state index in [9.17, 15) is 13.2 Å². The predicted octanol–water partition coefficient (Wildman–Crippen LogP) is 1.52. The molecule has 0 radical (unpaired) electrons. The molecule has 2 aliphatic rings. The van der Waals surface area contributed by atoms with Crippen molar-refractivity contribution in [2.45, 2.75) is 36.8 Å². The molecular formula is C14H17ClN2O5S. The van der Waals surface area contributed by atoms with Crippen LogP contribution in [0.5, 0.6) is 5.75 Å². The Morgan fingerprint density at radius 2 is 2.22 bits per heavy atom. The molecule has 1 saturated heterocycles. The number of anilines is 1. The first-order chi connectivity index (χ1) is 10.9. The van der Waals surface area contributed by atoms with E-state index in [0.29, 0.717) is 12.3 Å². The van der Waals surface area contributed by atoms with Gasteiger partial charge in [-0.05, 0) is 25.8 Å². The van der Waals surface area contributed by atoms with Crippen molar-refractivity contribution in [3.05, 3.63) is 17.2 Å². The summed E-state index contributed by atoms with van der Waals surface area (Å²) < 4.78 is 38.5. The third kappa shape index (κ3) is 3.45. The SMILES string of the molecule is CC(NS(=O)(=O)c1cc2c(cc1Cl)NC(=O)CO2)C1CCCO1. The van der Waals surface area contributed by atoms with Crippen molar-refractivity contribution < 1.29 is 22.7 Å². The maximum atomic E-state index is 12.6. The summed E-state index contributed by atoms with van der Waals surface area (Å²) in [7, 11) is -3.83. The average molecular weight is 361 g/mol. The molecule has 0 aliphatic carbocycles. The van der Waals surface area contributed by atoms with Crippen molar-refractivity contribution in [1.82, 2.24) is 4.72 Å². The smallest absolute Gasteiger partial charge is 0.262 e. The van der Waals surface area contributed by atoms with Crippen LogP contribution in [-0.4, -0.2) is 39.7 Å². The van der Waals surface area contributed by atoms with Gasteiger partial charge >= 0.3 is 0 Å². The molecule has 1 aromatic rings. The number of halogens is 1. The Kier molecular flexibility index (Phi) is 4.50. The number of benzene rings is 1. The number of fused-ring (bicyclic) bond motifs is 1. The van der Waals surface area contributed by atoms with Crippen molar-refractivity contribution in [2.24, 2.45) is 0 Å². The molecule has 0 spiro atoms. The van der Waals surface area contributed by atoms with Gasteiger partial charge in [-0.1, -0.05) is 11.6 Å². The zero-order valence-corrected chi connectivity index (χ0v) is 14.0. The number of rotatable bonds is 4. The predicted molar refractivity (Wildman–Crippen MR) is 84.3 cm³/mol. The lowest BCUT2D eigenvalue weighted by Crippen LogP contribution is -2.40. The summed E-state index contributed by atoms with van der Waals surface area (Å²) in [5.74, 6) is -0.0338. The molecule has 2 heterocycles. The van der Waals surface area contributed by atoms with E-state index in [1.165, 1.54) is 12.1 Å². The van der Waals surface area contributed by atoms with Gasteiger partial charge in [-0.2, -0.15) is 0 Å². The van der Waals surface area contributed by atoms with E-state index in [-0.39, 0.29) is 40.3 Å². The molecule has 1 aromatic carbocycles. The van der Waals surface area contributed by atoms with Crippen molar-refractivity contribution in [3.63, 3.8) is 0 Å². The molecule has 2 N–H and O–H groups in total. The highest BCUT2D eigenvalue weighted by atomic mass is 35.5. The van der Waals surface area contributed by atoms with Crippen LogP contribution in [0.15, 0.2) is 17.0 Å². The summed E-state index contributed by atoms with van der Waals surface area (Å²) in [6.07, 6.45) is 1.59. The van der Waals surface area contributed by atoms with E-state index < -0.39 is 10.0 Å². The third-order valence-corrected chi connectivity index (χ3v) is 5.84. The van der Waals surface area contributed by atoms with E-state index in [4.69, 9.17) is 21.1 Å². The van der Waals surface area contributed by atoms with Crippen LogP contribution in [0.4, 0.5) is 5.69 Å². The first kappa shape index (κ1) is 16.5. The molecule has 2 aliphatic heterocycles. The summed E-state index contributed by atoms with van der Waals surface area (Å²) in [4.78, 5) is 11.2. The lowest BCUT2D eigenvalue weighted by atomic mass is 10.1. The normalized spacial score (nSPS) is 22.2. The lowest BCUT2D eigenvalue weighted by Gasteiger charge is -2.22. The van der Waals surface area contributed by atoms with Gasteiger partial charge in [-0.3, -0.25) is 4.79 Å². The van der Waals surface area contributed by atoms with E-state index in [0.717, 1.165) is 12.8 Å². The number of hydrogen-bond donors (Lipinski definition) is 2. The summed E-state index contributed by atoms with van der Waals surface area (Å²) in [5.41, 5.74) is 0.359. The van der Waals surface area contributed by atoms with Crippen LogP contribution in [0.1, 0.15) is 19.8 Å². The number of hydrogen-bond acceptors (Lipinski definition) is 5. The fourth-order valence-corrected chi connectivity index (χ4v) is 4.48. The van der Waals surface area contributed by atoms with Gasteiger partial charge in [-0.25, -0.2) is 13.1 Å². The van der Waals surface area contributed by atoms with Gasteiger partial charge in [0.25, 0.3) is 5.91 Å². The fraction of sp³-hybridized carbons (Fsp3) is 0.500. The second kappa shape index (κ2) is 6.27. The zero-order chi connectivity index (χ0) is 16.6. The van der Waals surface area contributed by atoms with Gasteiger partial charge in [0.2, 0.25) is 10.0 Å². The highest BCUT2D eigenvalue weighted by Crippen LogP contribution is 2.35. The van der Waals surface area contributed by atoms with Crippen LogP contribution in [0.2, 0.25) is 5.02 Å². The number of carbonyl (C=O) groups excluding carboxylic acids is 1. The maximum Gasteiger partial charge on any atom is 0.262 e. The number of carbonyl (C=O) groups is 1. The van der Waals surface area contributed by atoms with Crippen LogP contribution in [0.25, 0.3) is 0 Å². The number of amides is 1. The molecule has 2 atom stereocenters. The molecule has 3 rings (SSSR count). The van der Waals surface area contributed by atoms with Gasteiger partial charge in [0.1, 0.15) is 10.6 Å². The van der Waals surface area contributed by atoms with Crippen LogP contribution >= 0.6 is 11.6 Å². The summed E-state index contributed by atoms with van der Waals surface area (Å²) in [6, 6.07) is 2.33. The average Bonchev–Trinajstić information content (AvgIpc) is 3.00. The molecule has 2 unspecified atom stereocenters. The first-order valence-corrected chi connectivity index (χ1v) is 9.13. The van der Waals surface area contributed by atoms with Crippen molar-refractivity contribution >= 4 is 33.2 Å². The van der Waals surface area contributed by atoms with Crippen molar-refractivity contribution in [3.8, 4) is 5.75 Å². The molecule has 126 valence electrons. The van der Waals surface area contributed by atoms with Gasteiger partial charge in [0, 0.05) is 18.7 Å². The quantitative estimate of drug-likeness (QED) is 0.849. The Bertz CT molecular complexity index is 731. The summed E-state index contributed by atoms with van der Waals surface area (Å²) in [6.45, 7) is 2.24. The minimum Gasteiger partial charge on any atom is -0.482 e. The highest BCUT2D eigenvalue weighted by molar-refractivity contribution is 7.89. The first-order valence-electron chi connectivity index (χ1n) is 7.27. The molecule has 7 nitrogen and oxygen atoms in total. The van der Waals surface area contributed by atoms with Crippen LogP contribution in [-0.2, 0) is 19.6 Å². The number of ether oxygens (including phenoxy) is 2. The van der Waals surface area contributed by atoms with Gasteiger partial charge in [0.05, 0.1) is 16.8 Å². The minimum absolute atomic E-state index is 0.0154. The fourth-order valence-electron chi connectivity index (χ4n) is 2.67. The highest BCUT2D eigenvalue weighted by Gasteiger charge is 2.29. The molecule has 23 heavy (non-hydrogen) atoms. The molecule has 1 fully saturated rings. The van der Waals surface area contributed by atoms with Crippen molar-refractivity contribution in [2.75, 3.05) is 18.5 Å². The van der Waals surface area contributed by atoms with Crippen LogP contribution in [0.3, 0.4) is 0 Å². The number of nitrogens with one attached hydrogen (secondary N) is 2. The Morgan fingerprint density at radius 3 is 2.91 bits per heavy atom. The molecule has 1 amide bonds. The maximum absolute atomic E-state index is 12.6. The summed E-state index contributed by atoms with van der Waals surface area (Å²) >= 11 is 6.08.